The molecule has 0 fully saturated rings. The Morgan fingerprint density at radius 3 is 2.86 bits per heavy atom. The zero-order valence-corrected chi connectivity index (χ0v) is 16.9. The summed E-state index contributed by atoms with van der Waals surface area (Å²) in [4.78, 5) is 44.3. The highest BCUT2D eigenvalue weighted by Gasteiger charge is 2.26. The first-order chi connectivity index (χ1) is 13.9. The minimum absolute atomic E-state index is 0.0447. The Kier molecular flexibility index (Phi) is 4.80. The van der Waals surface area contributed by atoms with Crippen LogP contribution in [0.4, 0.5) is 0 Å². The summed E-state index contributed by atoms with van der Waals surface area (Å²) in [7, 11) is 1.63. The van der Waals surface area contributed by atoms with Gasteiger partial charge in [0.2, 0.25) is 5.91 Å². The van der Waals surface area contributed by atoms with Crippen molar-refractivity contribution in [2.75, 3.05) is 7.05 Å². The molecule has 0 aliphatic carbocycles. The van der Waals surface area contributed by atoms with E-state index in [1.165, 1.54) is 20.8 Å². The molecule has 29 heavy (non-hydrogen) atoms. The number of carbonyl (C=O) groups excluding carboxylic acids is 1. The SMILES string of the molecule is C[C@@H](c1nc2ccccc2s1)N(C)C(=O)Cn1c(=O)c(C#N)c2n(c1=O)CCC2. The second kappa shape index (κ2) is 7.29. The molecule has 1 atom stereocenters. The lowest BCUT2D eigenvalue weighted by atomic mass is 10.2. The molecule has 3 heterocycles. The zero-order chi connectivity index (χ0) is 20.7. The molecular weight excluding hydrogens is 390 g/mol. The van der Waals surface area contributed by atoms with Gasteiger partial charge in [0, 0.05) is 19.3 Å². The van der Waals surface area contributed by atoms with E-state index in [0.717, 1.165) is 19.8 Å². The van der Waals surface area contributed by atoms with Crippen LogP contribution in [0.3, 0.4) is 0 Å². The summed E-state index contributed by atoms with van der Waals surface area (Å²) in [5, 5.41) is 10.1. The Balaban J connectivity index is 1.63. The fourth-order valence-electron chi connectivity index (χ4n) is 3.59. The van der Waals surface area contributed by atoms with Crippen LogP contribution in [0.15, 0.2) is 33.9 Å². The van der Waals surface area contributed by atoms with Gasteiger partial charge in [-0.15, -0.1) is 11.3 Å². The van der Waals surface area contributed by atoms with Crippen LogP contribution in [0.25, 0.3) is 10.2 Å². The van der Waals surface area contributed by atoms with Gasteiger partial charge < -0.3 is 4.90 Å². The number of para-hydroxylation sites is 1. The Bertz CT molecular complexity index is 1250. The maximum Gasteiger partial charge on any atom is 0.331 e. The molecule has 1 aromatic carbocycles. The minimum atomic E-state index is -0.694. The van der Waals surface area contributed by atoms with Crippen molar-refractivity contribution >= 4 is 27.5 Å². The third-order valence-corrected chi connectivity index (χ3v) is 6.58. The molecule has 1 aliphatic heterocycles. The number of fused-ring (bicyclic) bond motifs is 2. The number of thiazole rings is 1. The van der Waals surface area contributed by atoms with Crippen LogP contribution in [0.5, 0.6) is 0 Å². The van der Waals surface area contributed by atoms with Crippen molar-refractivity contribution in [2.45, 2.75) is 38.9 Å². The number of carbonyl (C=O) groups is 1. The summed E-state index contributed by atoms with van der Waals surface area (Å²) in [5.74, 6) is -0.390. The zero-order valence-electron chi connectivity index (χ0n) is 16.1. The van der Waals surface area contributed by atoms with Crippen molar-refractivity contribution in [2.24, 2.45) is 0 Å². The van der Waals surface area contributed by atoms with Crippen LogP contribution in [0.2, 0.25) is 0 Å². The monoisotopic (exact) mass is 409 g/mol. The highest BCUT2D eigenvalue weighted by Crippen LogP contribution is 2.28. The molecule has 0 saturated heterocycles. The number of nitriles is 1. The molecule has 1 amide bonds. The van der Waals surface area contributed by atoms with E-state index in [4.69, 9.17) is 0 Å². The first-order valence-corrected chi connectivity index (χ1v) is 10.1. The number of benzene rings is 1. The van der Waals surface area contributed by atoms with Gasteiger partial charge in [-0.25, -0.2) is 14.3 Å². The molecule has 148 valence electrons. The number of nitrogens with zero attached hydrogens (tertiary/aromatic N) is 5. The van der Waals surface area contributed by atoms with E-state index in [9.17, 15) is 19.6 Å². The maximum absolute atomic E-state index is 12.9. The van der Waals surface area contributed by atoms with Gasteiger partial charge in [0.05, 0.1) is 16.3 Å². The van der Waals surface area contributed by atoms with E-state index in [2.05, 4.69) is 4.98 Å². The molecule has 0 bridgehead atoms. The number of likely N-dealkylation sites (N-methyl/N-ethyl adjacent to an activating group) is 1. The standard InChI is InChI=1S/C20H19N5O3S/c1-12(18-22-14-6-3-4-8-16(14)29-18)23(2)17(26)11-25-19(27)13(10-21)15-7-5-9-24(15)20(25)28/h3-4,6,8,12H,5,7,9,11H2,1-2H3/t12-/m0/s1. The number of amides is 1. The number of hydrogen-bond donors (Lipinski definition) is 0. The summed E-state index contributed by atoms with van der Waals surface area (Å²) >= 11 is 1.50. The number of hydrogen-bond acceptors (Lipinski definition) is 6. The normalized spacial score (nSPS) is 13.8. The molecule has 9 heteroatoms. The van der Waals surface area contributed by atoms with Crippen LogP contribution in [0.1, 0.15) is 35.7 Å². The molecular formula is C20H19N5O3S. The molecule has 8 nitrogen and oxygen atoms in total. The van der Waals surface area contributed by atoms with E-state index >= 15 is 0 Å². The Morgan fingerprint density at radius 2 is 2.14 bits per heavy atom. The first kappa shape index (κ1) is 19.1. The molecule has 4 rings (SSSR count). The molecule has 1 aliphatic rings. The summed E-state index contributed by atoms with van der Waals surface area (Å²) in [6.07, 6.45) is 1.23. The minimum Gasteiger partial charge on any atom is -0.335 e. The van der Waals surface area contributed by atoms with Gasteiger partial charge in [0.1, 0.15) is 23.2 Å². The Morgan fingerprint density at radius 1 is 1.38 bits per heavy atom. The fraction of sp³-hybridized carbons (Fsp3) is 0.350. The largest absolute Gasteiger partial charge is 0.335 e. The van der Waals surface area contributed by atoms with E-state index in [1.807, 2.05) is 37.3 Å². The van der Waals surface area contributed by atoms with Gasteiger partial charge in [0.25, 0.3) is 5.56 Å². The highest BCUT2D eigenvalue weighted by atomic mass is 32.1. The second-order valence-corrected chi connectivity index (χ2v) is 8.13. The lowest BCUT2D eigenvalue weighted by Gasteiger charge is -2.23. The summed E-state index contributed by atoms with van der Waals surface area (Å²) in [5.41, 5.74) is 0.0713. The first-order valence-electron chi connectivity index (χ1n) is 9.30. The van der Waals surface area contributed by atoms with E-state index in [0.29, 0.717) is 25.1 Å². The Labute approximate surface area is 170 Å². The van der Waals surface area contributed by atoms with Crippen molar-refractivity contribution in [1.82, 2.24) is 19.0 Å². The van der Waals surface area contributed by atoms with Crippen LogP contribution in [0, 0.1) is 11.3 Å². The second-order valence-electron chi connectivity index (χ2n) is 7.06. The summed E-state index contributed by atoms with van der Waals surface area (Å²) < 4.78 is 3.34. The van der Waals surface area contributed by atoms with Gasteiger partial charge >= 0.3 is 5.69 Å². The van der Waals surface area contributed by atoms with Crippen LogP contribution in [-0.2, 0) is 24.3 Å². The van der Waals surface area contributed by atoms with Crippen molar-refractivity contribution in [3.63, 3.8) is 0 Å². The average Bonchev–Trinajstić information content (AvgIpc) is 3.37. The van der Waals surface area contributed by atoms with Crippen molar-refractivity contribution < 1.29 is 4.79 Å². The average molecular weight is 409 g/mol. The number of rotatable bonds is 4. The fourth-order valence-corrected chi connectivity index (χ4v) is 4.65. The molecule has 3 aromatic rings. The van der Waals surface area contributed by atoms with Crippen LogP contribution >= 0.6 is 11.3 Å². The topological polar surface area (TPSA) is 101 Å². The van der Waals surface area contributed by atoms with Gasteiger partial charge in [-0.05, 0) is 31.9 Å². The van der Waals surface area contributed by atoms with E-state index in [-0.39, 0.29) is 11.6 Å². The molecule has 0 saturated carbocycles. The molecule has 0 unspecified atom stereocenters. The predicted octanol–water partition coefficient (Wildman–Crippen LogP) is 1.66. The lowest BCUT2D eigenvalue weighted by molar-refractivity contribution is -0.132. The van der Waals surface area contributed by atoms with Crippen molar-refractivity contribution in [1.29, 1.82) is 5.26 Å². The van der Waals surface area contributed by atoms with Crippen molar-refractivity contribution in [3.05, 3.63) is 61.4 Å². The van der Waals surface area contributed by atoms with Gasteiger partial charge in [0.15, 0.2) is 0 Å². The summed E-state index contributed by atoms with van der Waals surface area (Å²) in [6.45, 7) is 1.91. The van der Waals surface area contributed by atoms with Gasteiger partial charge in [-0.2, -0.15) is 5.26 Å². The molecule has 0 radical (unpaired) electrons. The number of aromatic nitrogens is 3. The van der Waals surface area contributed by atoms with Crippen LogP contribution in [-0.4, -0.2) is 32.0 Å². The van der Waals surface area contributed by atoms with E-state index < -0.39 is 23.7 Å². The Hall–Kier alpha value is -3.25. The molecule has 0 N–H and O–H groups in total. The summed E-state index contributed by atoms with van der Waals surface area (Å²) in [6, 6.07) is 9.32. The highest BCUT2D eigenvalue weighted by molar-refractivity contribution is 7.18. The molecule has 2 aromatic heterocycles. The third-order valence-electron chi connectivity index (χ3n) is 5.38. The van der Waals surface area contributed by atoms with Gasteiger partial charge in [-0.3, -0.25) is 14.2 Å². The quantitative estimate of drug-likeness (QED) is 0.652. The predicted molar refractivity (Wildman–Crippen MR) is 109 cm³/mol. The van der Waals surface area contributed by atoms with E-state index in [1.54, 1.807) is 7.05 Å². The smallest absolute Gasteiger partial charge is 0.331 e. The van der Waals surface area contributed by atoms with Crippen LogP contribution < -0.4 is 11.2 Å². The maximum atomic E-state index is 12.9. The van der Waals surface area contributed by atoms with Gasteiger partial charge in [-0.1, -0.05) is 12.1 Å². The third kappa shape index (κ3) is 3.15. The molecule has 0 spiro atoms. The van der Waals surface area contributed by atoms with Crippen molar-refractivity contribution in [3.8, 4) is 6.07 Å². The lowest BCUT2D eigenvalue weighted by Crippen LogP contribution is -2.45.